The minimum absolute atomic E-state index is 0.0954. The Labute approximate surface area is 91.3 Å². The summed E-state index contributed by atoms with van der Waals surface area (Å²) in [6, 6.07) is 8.07. The lowest BCUT2D eigenvalue weighted by molar-refractivity contribution is 0.249. The Morgan fingerprint density at radius 2 is 2.13 bits per heavy atom. The van der Waals surface area contributed by atoms with Crippen molar-refractivity contribution in [1.82, 2.24) is 0 Å². The van der Waals surface area contributed by atoms with Crippen LogP contribution in [0.3, 0.4) is 0 Å². The van der Waals surface area contributed by atoms with E-state index in [2.05, 4.69) is 19.2 Å². The van der Waals surface area contributed by atoms with Gasteiger partial charge in [-0.1, -0.05) is 26.0 Å². The monoisotopic (exact) mass is 208 g/mol. The van der Waals surface area contributed by atoms with Gasteiger partial charge in [0.25, 0.3) is 0 Å². The minimum atomic E-state index is 0.0954. The molecule has 0 aliphatic rings. The molecule has 0 aliphatic heterocycles. The molecule has 4 N–H and O–H groups in total. The first-order valence-electron chi connectivity index (χ1n) is 5.33. The molecule has 1 unspecified atom stereocenters. The van der Waals surface area contributed by atoms with Gasteiger partial charge in [0.15, 0.2) is 0 Å². The van der Waals surface area contributed by atoms with Gasteiger partial charge in [-0.25, -0.2) is 0 Å². The van der Waals surface area contributed by atoms with Crippen LogP contribution in [0.1, 0.15) is 19.4 Å². The van der Waals surface area contributed by atoms with E-state index >= 15 is 0 Å². The molecule has 84 valence electrons. The maximum atomic E-state index is 9.20. The summed E-state index contributed by atoms with van der Waals surface area (Å²) in [5.74, 6) is 0.400. The van der Waals surface area contributed by atoms with Crippen molar-refractivity contribution < 1.29 is 5.11 Å². The van der Waals surface area contributed by atoms with Gasteiger partial charge in [0, 0.05) is 12.2 Å². The summed E-state index contributed by atoms with van der Waals surface area (Å²) in [5.41, 5.74) is 7.68. The molecule has 15 heavy (non-hydrogen) atoms. The average Bonchev–Trinajstić information content (AvgIpc) is 2.25. The van der Waals surface area contributed by atoms with Crippen LogP contribution in [0.25, 0.3) is 0 Å². The molecule has 1 rings (SSSR count). The highest BCUT2D eigenvalue weighted by molar-refractivity contribution is 5.46. The van der Waals surface area contributed by atoms with Gasteiger partial charge in [0.2, 0.25) is 0 Å². The number of hydrogen-bond donors (Lipinski definition) is 3. The van der Waals surface area contributed by atoms with Crippen LogP contribution >= 0.6 is 0 Å². The molecule has 0 amide bonds. The normalized spacial score (nSPS) is 12.9. The lowest BCUT2D eigenvalue weighted by atomic mass is 10.0. The van der Waals surface area contributed by atoms with Crippen molar-refractivity contribution in [1.29, 1.82) is 0 Å². The van der Waals surface area contributed by atoms with Gasteiger partial charge in [-0.15, -0.1) is 0 Å². The zero-order valence-electron chi connectivity index (χ0n) is 9.40. The second-order valence-electron chi connectivity index (χ2n) is 4.08. The number of aliphatic hydroxyl groups is 1. The highest BCUT2D eigenvalue weighted by atomic mass is 16.3. The Bertz CT molecular complexity index is 299. The summed E-state index contributed by atoms with van der Waals surface area (Å²) in [4.78, 5) is 0. The average molecular weight is 208 g/mol. The minimum Gasteiger partial charge on any atom is -0.394 e. The van der Waals surface area contributed by atoms with E-state index in [0.29, 0.717) is 12.5 Å². The molecular formula is C12H20N2O. The van der Waals surface area contributed by atoms with Crippen LogP contribution in [-0.2, 0) is 6.54 Å². The second-order valence-corrected chi connectivity index (χ2v) is 4.08. The molecule has 1 aromatic carbocycles. The standard InChI is InChI=1S/C12H20N2O/c1-9(2)12(8-15)14-11-5-3-4-10(6-11)7-13/h3-6,9,12,14-15H,7-8,13H2,1-2H3. The zero-order valence-corrected chi connectivity index (χ0v) is 9.40. The van der Waals surface area contributed by atoms with Crippen LogP contribution in [0.2, 0.25) is 0 Å². The van der Waals surface area contributed by atoms with E-state index in [9.17, 15) is 5.11 Å². The van der Waals surface area contributed by atoms with Crippen molar-refractivity contribution in [3.8, 4) is 0 Å². The van der Waals surface area contributed by atoms with Crippen LogP contribution in [0.5, 0.6) is 0 Å². The van der Waals surface area contributed by atoms with Crippen molar-refractivity contribution >= 4 is 5.69 Å². The first-order valence-corrected chi connectivity index (χ1v) is 5.33. The third-order valence-electron chi connectivity index (χ3n) is 2.52. The van der Waals surface area contributed by atoms with Gasteiger partial charge in [0.1, 0.15) is 0 Å². The number of nitrogens with one attached hydrogen (secondary N) is 1. The van der Waals surface area contributed by atoms with Crippen LogP contribution < -0.4 is 11.1 Å². The van der Waals surface area contributed by atoms with Gasteiger partial charge in [-0.05, 0) is 23.6 Å². The number of nitrogens with two attached hydrogens (primary N) is 1. The molecule has 0 heterocycles. The molecule has 0 spiro atoms. The first kappa shape index (κ1) is 12.0. The number of anilines is 1. The second kappa shape index (κ2) is 5.73. The number of hydrogen-bond acceptors (Lipinski definition) is 3. The Morgan fingerprint density at radius 3 is 2.67 bits per heavy atom. The fourth-order valence-electron chi connectivity index (χ4n) is 1.43. The number of aliphatic hydroxyl groups excluding tert-OH is 1. The number of rotatable bonds is 5. The largest absolute Gasteiger partial charge is 0.394 e. The van der Waals surface area contributed by atoms with Gasteiger partial charge < -0.3 is 16.2 Å². The SMILES string of the molecule is CC(C)C(CO)Nc1cccc(CN)c1. The lowest BCUT2D eigenvalue weighted by Crippen LogP contribution is -2.29. The van der Waals surface area contributed by atoms with Crippen LogP contribution in [-0.4, -0.2) is 17.8 Å². The zero-order chi connectivity index (χ0) is 11.3. The van der Waals surface area contributed by atoms with E-state index in [0.717, 1.165) is 11.3 Å². The van der Waals surface area contributed by atoms with Crippen molar-refractivity contribution in [3.05, 3.63) is 29.8 Å². The summed E-state index contributed by atoms with van der Waals surface area (Å²) in [7, 11) is 0. The third-order valence-corrected chi connectivity index (χ3v) is 2.52. The van der Waals surface area contributed by atoms with Gasteiger partial charge in [-0.3, -0.25) is 0 Å². The topological polar surface area (TPSA) is 58.3 Å². The highest BCUT2D eigenvalue weighted by Gasteiger charge is 2.11. The smallest absolute Gasteiger partial charge is 0.0635 e. The first-order chi connectivity index (χ1) is 7.17. The molecule has 1 aromatic rings. The van der Waals surface area contributed by atoms with Crippen LogP contribution in [0.15, 0.2) is 24.3 Å². The number of benzene rings is 1. The summed E-state index contributed by atoms with van der Waals surface area (Å²) in [5, 5.41) is 12.5. The molecule has 0 fully saturated rings. The summed E-state index contributed by atoms with van der Waals surface area (Å²) in [6.07, 6.45) is 0. The van der Waals surface area contributed by atoms with E-state index in [4.69, 9.17) is 5.73 Å². The van der Waals surface area contributed by atoms with Gasteiger partial charge in [0.05, 0.1) is 12.6 Å². The molecule has 0 aromatic heterocycles. The van der Waals surface area contributed by atoms with Gasteiger partial charge >= 0.3 is 0 Å². The van der Waals surface area contributed by atoms with Crippen molar-refractivity contribution in [3.63, 3.8) is 0 Å². The predicted molar refractivity (Wildman–Crippen MR) is 63.7 cm³/mol. The summed E-state index contributed by atoms with van der Waals surface area (Å²) < 4.78 is 0. The third kappa shape index (κ3) is 3.53. The fourth-order valence-corrected chi connectivity index (χ4v) is 1.43. The van der Waals surface area contributed by atoms with Crippen molar-refractivity contribution in [2.75, 3.05) is 11.9 Å². The van der Waals surface area contributed by atoms with E-state index in [-0.39, 0.29) is 12.6 Å². The molecule has 0 saturated carbocycles. The predicted octanol–water partition coefficient (Wildman–Crippen LogP) is 1.57. The molecule has 1 atom stereocenters. The van der Waals surface area contributed by atoms with Crippen LogP contribution in [0, 0.1) is 5.92 Å². The van der Waals surface area contributed by atoms with Gasteiger partial charge in [-0.2, -0.15) is 0 Å². The van der Waals surface area contributed by atoms with Crippen LogP contribution in [0.4, 0.5) is 5.69 Å². The molecular weight excluding hydrogens is 188 g/mol. The van der Waals surface area contributed by atoms with E-state index < -0.39 is 0 Å². The fraction of sp³-hybridized carbons (Fsp3) is 0.500. The highest BCUT2D eigenvalue weighted by Crippen LogP contribution is 2.14. The molecule has 0 radical (unpaired) electrons. The van der Waals surface area contributed by atoms with Crippen molar-refractivity contribution in [2.24, 2.45) is 11.7 Å². The quantitative estimate of drug-likeness (QED) is 0.688. The summed E-state index contributed by atoms with van der Waals surface area (Å²) in [6.45, 7) is 4.85. The van der Waals surface area contributed by atoms with Crippen molar-refractivity contribution in [2.45, 2.75) is 26.4 Å². The Kier molecular flexibility index (Phi) is 4.59. The van der Waals surface area contributed by atoms with E-state index in [1.54, 1.807) is 0 Å². The van der Waals surface area contributed by atoms with E-state index in [1.807, 2.05) is 24.3 Å². The molecule has 3 heteroatoms. The molecule has 0 saturated heterocycles. The molecule has 0 aliphatic carbocycles. The lowest BCUT2D eigenvalue weighted by Gasteiger charge is -2.21. The molecule has 0 bridgehead atoms. The Hall–Kier alpha value is -1.06. The molecule has 3 nitrogen and oxygen atoms in total. The Balaban J connectivity index is 2.70. The maximum absolute atomic E-state index is 9.20. The van der Waals surface area contributed by atoms with E-state index in [1.165, 1.54) is 0 Å². The Morgan fingerprint density at radius 1 is 1.40 bits per heavy atom. The summed E-state index contributed by atoms with van der Waals surface area (Å²) >= 11 is 0. The maximum Gasteiger partial charge on any atom is 0.0635 e.